The van der Waals surface area contributed by atoms with Crippen molar-refractivity contribution in [1.29, 1.82) is 0 Å². The van der Waals surface area contributed by atoms with Crippen molar-refractivity contribution in [2.45, 2.75) is 0 Å². The monoisotopic (exact) mass is 278 g/mol. The van der Waals surface area contributed by atoms with Crippen molar-refractivity contribution < 1.29 is 0 Å². The zero-order valence-electron chi connectivity index (χ0n) is 9.14. The zero-order valence-corrected chi connectivity index (χ0v) is 10.7. The van der Waals surface area contributed by atoms with E-state index in [9.17, 15) is 0 Å². The van der Waals surface area contributed by atoms with Crippen molar-refractivity contribution in [2.24, 2.45) is 0 Å². The maximum atomic E-state index is 6.17. The van der Waals surface area contributed by atoms with E-state index in [1.807, 2.05) is 24.3 Å². The van der Waals surface area contributed by atoms with Crippen LogP contribution in [0.4, 0.5) is 5.69 Å². The number of nitrogen functional groups attached to an aromatic ring is 1. The second-order valence-electron chi connectivity index (χ2n) is 3.82. The predicted molar refractivity (Wildman–Crippen MR) is 73.3 cm³/mol. The predicted octanol–water partition coefficient (Wildman–Crippen LogP) is 3.31. The lowest BCUT2D eigenvalue weighted by Crippen LogP contribution is -2.00. The first-order valence-corrected chi connectivity index (χ1v) is 5.98. The molecule has 3 rings (SSSR count). The molecule has 2 N–H and O–H groups in total. The van der Waals surface area contributed by atoms with Gasteiger partial charge in [0.2, 0.25) is 0 Å². The van der Waals surface area contributed by atoms with E-state index in [0.29, 0.717) is 21.4 Å². The molecule has 0 aliphatic rings. The molecule has 0 saturated heterocycles. The molecular formula is C12H8Cl2N4. The number of benzene rings is 2. The number of nitrogens with zero attached hydrogens (tertiary/aromatic N) is 3. The number of para-hydroxylation sites is 1. The summed E-state index contributed by atoms with van der Waals surface area (Å²) in [5.74, 6) is 0. The fourth-order valence-corrected chi connectivity index (χ4v) is 2.49. The third-order valence-electron chi connectivity index (χ3n) is 2.60. The summed E-state index contributed by atoms with van der Waals surface area (Å²) in [6.45, 7) is 0. The minimum absolute atomic E-state index is 0.440. The van der Waals surface area contributed by atoms with Crippen molar-refractivity contribution in [3.05, 3.63) is 46.4 Å². The zero-order chi connectivity index (χ0) is 12.7. The molecule has 0 amide bonds. The molecule has 0 spiro atoms. The Morgan fingerprint density at radius 2 is 1.72 bits per heavy atom. The molecule has 1 heterocycles. The number of rotatable bonds is 1. The highest BCUT2D eigenvalue weighted by Crippen LogP contribution is 2.32. The van der Waals surface area contributed by atoms with Crippen LogP contribution >= 0.6 is 23.2 Å². The molecule has 0 aliphatic carbocycles. The molecule has 1 aromatic heterocycles. The summed E-state index contributed by atoms with van der Waals surface area (Å²) in [5, 5.41) is 9.02. The van der Waals surface area contributed by atoms with Crippen LogP contribution in [-0.4, -0.2) is 15.0 Å². The molecule has 0 fully saturated rings. The molecular weight excluding hydrogens is 271 g/mol. The molecule has 0 bridgehead atoms. The Morgan fingerprint density at radius 1 is 1.06 bits per heavy atom. The Bertz CT molecular complexity index is 713. The van der Waals surface area contributed by atoms with Crippen LogP contribution in [-0.2, 0) is 0 Å². The Kier molecular flexibility index (Phi) is 2.61. The van der Waals surface area contributed by atoms with Crippen molar-refractivity contribution in [3.63, 3.8) is 0 Å². The van der Waals surface area contributed by atoms with Crippen LogP contribution in [0.15, 0.2) is 36.4 Å². The molecule has 0 saturated carbocycles. The maximum Gasteiger partial charge on any atom is 0.113 e. The molecule has 0 atom stereocenters. The largest absolute Gasteiger partial charge is 0.399 e. The van der Waals surface area contributed by atoms with E-state index in [-0.39, 0.29) is 0 Å². The smallest absolute Gasteiger partial charge is 0.113 e. The van der Waals surface area contributed by atoms with Gasteiger partial charge in [-0.15, -0.1) is 5.10 Å². The number of nitrogens with two attached hydrogens (primary N) is 1. The van der Waals surface area contributed by atoms with Crippen LogP contribution in [0.3, 0.4) is 0 Å². The molecule has 2 aromatic carbocycles. The highest BCUT2D eigenvalue weighted by atomic mass is 35.5. The third kappa shape index (κ3) is 1.70. The average Bonchev–Trinajstić information content (AvgIpc) is 2.72. The highest BCUT2D eigenvalue weighted by molar-refractivity contribution is 6.38. The molecule has 0 unspecified atom stereocenters. The van der Waals surface area contributed by atoms with Gasteiger partial charge in [-0.1, -0.05) is 40.5 Å². The summed E-state index contributed by atoms with van der Waals surface area (Å²) in [6, 6.07) is 10.9. The second-order valence-corrected chi connectivity index (χ2v) is 4.64. The van der Waals surface area contributed by atoms with Crippen molar-refractivity contribution >= 4 is 39.9 Å². The quantitative estimate of drug-likeness (QED) is 0.695. The topological polar surface area (TPSA) is 56.7 Å². The first-order valence-electron chi connectivity index (χ1n) is 5.22. The van der Waals surface area contributed by atoms with E-state index in [2.05, 4.69) is 10.3 Å². The molecule has 0 radical (unpaired) electrons. The van der Waals surface area contributed by atoms with Gasteiger partial charge in [-0.25, -0.2) is 4.68 Å². The van der Waals surface area contributed by atoms with Gasteiger partial charge in [-0.2, -0.15) is 0 Å². The van der Waals surface area contributed by atoms with Crippen LogP contribution in [0.2, 0.25) is 10.0 Å². The van der Waals surface area contributed by atoms with E-state index in [4.69, 9.17) is 28.9 Å². The van der Waals surface area contributed by atoms with E-state index >= 15 is 0 Å². The van der Waals surface area contributed by atoms with Crippen LogP contribution in [0, 0.1) is 0 Å². The van der Waals surface area contributed by atoms with E-state index in [0.717, 1.165) is 11.0 Å². The average molecular weight is 279 g/mol. The highest BCUT2D eigenvalue weighted by Gasteiger charge is 2.13. The molecule has 0 aliphatic heterocycles. The fourth-order valence-electron chi connectivity index (χ4n) is 1.82. The standard InChI is InChI=1S/C12H8Cl2N4/c13-8-5-7(15)6-9(14)12(8)18-11-4-2-1-3-10(11)16-17-18/h1-6H,15H2. The number of aromatic nitrogens is 3. The molecule has 6 heteroatoms. The summed E-state index contributed by atoms with van der Waals surface area (Å²) in [5.41, 5.74) is 8.39. The van der Waals surface area contributed by atoms with Gasteiger partial charge in [0.15, 0.2) is 0 Å². The summed E-state index contributed by atoms with van der Waals surface area (Å²) < 4.78 is 1.61. The second kappa shape index (κ2) is 4.15. The summed E-state index contributed by atoms with van der Waals surface area (Å²) in [6.07, 6.45) is 0. The summed E-state index contributed by atoms with van der Waals surface area (Å²) in [7, 11) is 0. The number of halogens is 2. The fraction of sp³-hybridized carbons (Fsp3) is 0. The lowest BCUT2D eigenvalue weighted by Gasteiger charge is -2.08. The maximum absolute atomic E-state index is 6.17. The molecule has 3 aromatic rings. The molecule has 4 nitrogen and oxygen atoms in total. The third-order valence-corrected chi connectivity index (χ3v) is 3.18. The molecule has 90 valence electrons. The first-order chi connectivity index (χ1) is 8.66. The summed E-state index contributed by atoms with van der Waals surface area (Å²) >= 11 is 12.3. The van der Waals surface area contributed by atoms with E-state index in [1.165, 1.54) is 0 Å². The van der Waals surface area contributed by atoms with E-state index < -0.39 is 0 Å². The van der Waals surface area contributed by atoms with Gasteiger partial charge < -0.3 is 5.73 Å². The van der Waals surface area contributed by atoms with Gasteiger partial charge in [0.25, 0.3) is 0 Å². The van der Waals surface area contributed by atoms with Gasteiger partial charge in [0, 0.05) is 5.69 Å². The number of anilines is 1. The SMILES string of the molecule is Nc1cc(Cl)c(-n2nnc3ccccc32)c(Cl)c1. The van der Waals surface area contributed by atoms with Gasteiger partial charge in [-0.3, -0.25) is 0 Å². The Morgan fingerprint density at radius 3 is 2.44 bits per heavy atom. The van der Waals surface area contributed by atoms with Crippen LogP contribution in [0.5, 0.6) is 0 Å². The van der Waals surface area contributed by atoms with Crippen LogP contribution < -0.4 is 5.73 Å². The minimum Gasteiger partial charge on any atom is -0.399 e. The first kappa shape index (κ1) is 11.3. The lowest BCUT2D eigenvalue weighted by molar-refractivity contribution is 0.824. The molecule has 18 heavy (non-hydrogen) atoms. The Labute approximate surface area is 113 Å². The lowest BCUT2D eigenvalue weighted by atomic mass is 10.2. The summed E-state index contributed by atoms with van der Waals surface area (Å²) in [4.78, 5) is 0. The van der Waals surface area contributed by atoms with Gasteiger partial charge >= 0.3 is 0 Å². The number of fused-ring (bicyclic) bond motifs is 1. The van der Waals surface area contributed by atoms with Crippen molar-refractivity contribution in [2.75, 3.05) is 5.73 Å². The van der Waals surface area contributed by atoms with Gasteiger partial charge in [-0.05, 0) is 24.3 Å². The van der Waals surface area contributed by atoms with Gasteiger partial charge in [0.1, 0.15) is 11.2 Å². The van der Waals surface area contributed by atoms with Crippen molar-refractivity contribution in [1.82, 2.24) is 15.0 Å². The minimum atomic E-state index is 0.440. The Hall–Kier alpha value is -1.78. The van der Waals surface area contributed by atoms with Crippen LogP contribution in [0.25, 0.3) is 16.7 Å². The number of hydrogen-bond acceptors (Lipinski definition) is 3. The Balaban J connectivity index is 2.33. The van der Waals surface area contributed by atoms with E-state index in [1.54, 1.807) is 16.8 Å². The number of hydrogen-bond donors (Lipinski definition) is 1. The normalized spacial score (nSPS) is 11.0. The van der Waals surface area contributed by atoms with Crippen molar-refractivity contribution in [3.8, 4) is 5.69 Å². The van der Waals surface area contributed by atoms with Gasteiger partial charge in [0.05, 0.1) is 15.6 Å². The van der Waals surface area contributed by atoms with Crippen LogP contribution in [0.1, 0.15) is 0 Å².